The molecular formula is C9H12N4. The van der Waals surface area contributed by atoms with Crippen LogP contribution < -0.4 is 10.2 Å². The maximum absolute atomic E-state index is 4.53. The second-order valence-electron chi connectivity index (χ2n) is 3.59. The third-order valence-corrected chi connectivity index (χ3v) is 2.69. The van der Waals surface area contributed by atoms with Crippen molar-refractivity contribution in [2.75, 3.05) is 18.0 Å². The molecule has 1 fully saturated rings. The smallest absolute Gasteiger partial charge is 0.225 e. The lowest BCUT2D eigenvalue weighted by Gasteiger charge is -2.30. The molecule has 3 rings (SSSR count). The maximum atomic E-state index is 4.53. The summed E-state index contributed by atoms with van der Waals surface area (Å²) in [5.74, 6) is 0.911. The number of aromatic nitrogens is 2. The van der Waals surface area contributed by atoms with E-state index in [4.69, 9.17) is 0 Å². The predicted molar refractivity (Wildman–Crippen MR) is 49.4 cm³/mol. The molecule has 4 nitrogen and oxygen atoms in total. The SMILES string of the molecule is c1nc(N2CCC2)nc2c1CNC2. The Morgan fingerprint density at radius 3 is 3.00 bits per heavy atom. The molecular weight excluding hydrogens is 164 g/mol. The zero-order valence-electron chi connectivity index (χ0n) is 7.45. The van der Waals surface area contributed by atoms with Gasteiger partial charge in [-0.1, -0.05) is 0 Å². The minimum Gasteiger partial charge on any atom is -0.341 e. The third kappa shape index (κ3) is 1.09. The zero-order chi connectivity index (χ0) is 8.67. The van der Waals surface area contributed by atoms with Gasteiger partial charge in [-0.2, -0.15) is 0 Å². The lowest BCUT2D eigenvalue weighted by atomic mass is 10.2. The fraction of sp³-hybridized carbons (Fsp3) is 0.556. The van der Waals surface area contributed by atoms with Crippen molar-refractivity contribution in [3.05, 3.63) is 17.5 Å². The van der Waals surface area contributed by atoms with Gasteiger partial charge in [0, 0.05) is 37.9 Å². The molecule has 0 atom stereocenters. The molecule has 3 heterocycles. The third-order valence-electron chi connectivity index (χ3n) is 2.69. The van der Waals surface area contributed by atoms with Gasteiger partial charge < -0.3 is 10.2 Å². The zero-order valence-corrected chi connectivity index (χ0v) is 7.45. The van der Waals surface area contributed by atoms with Crippen LogP contribution in [0.5, 0.6) is 0 Å². The number of nitrogens with one attached hydrogen (secondary N) is 1. The summed E-state index contributed by atoms with van der Waals surface area (Å²) in [5, 5.41) is 3.27. The van der Waals surface area contributed by atoms with Crippen molar-refractivity contribution < 1.29 is 0 Å². The van der Waals surface area contributed by atoms with E-state index in [2.05, 4.69) is 20.2 Å². The standard InChI is InChI=1S/C9H12N4/c1-2-13(3-1)9-11-5-7-4-10-6-8(7)12-9/h5,10H,1-4,6H2. The highest BCUT2D eigenvalue weighted by molar-refractivity contribution is 5.36. The molecule has 0 aromatic carbocycles. The molecule has 1 saturated heterocycles. The maximum Gasteiger partial charge on any atom is 0.225 e. The first-order valence-corrected chi connectivity index (χ1v) is 4.74. The second-order valence-corrected chi connectivity index (χ2v) is 3.59. The fourth-order valence-corrected chi connectivity index (χ4v) is 1.72. The van der Waals surface area contributed by atoms with E-state index in [0.717, 1.165) is 32.1 Å². The van der Waals surface area contributed by atoms with Crippen LogP contribution in [0.15, 0.2) is 6.20 Å². The monoisotopic (exact) mass is 176 g/mol. The van der Waals surface area contributed by atoms with Gasteiger partial charge in [-0.05, 0) is 6.42 Å². The van der Waals surface area contributed by atoms with Crippen molar-refractivity contribution in [2.24, 2.45) is 0 Å². The van der Waals surface area contributed by atoms with Crippen LogP contribution in [0.1, 0.15) is 17.7 Å². The molecule has 13 heavy (non-hydrogen) atoms. The van der Waals surface area contributed by atoms with Gasteiger partial charge in [0.25, 0.3) is 0 Å². The normalized spacial score (nSPS) is 19.8. The van der Waals surface area contributed by atoms with E-state index < -0.39 is 0 Å². The highest BCUT2D eigenvalue weighted by Crippen LogP contribution is 2.19. The summed E-state index contributed by atoms with van der Waals surface area (Å²) in [6.45, 7) is 4.06. The van der Waals surface area contributed by atoms with Gasteiger partial charge in [0.15, 0.2) is 0 Å². The van der Waals surface area contributed by atoms with E-state index in [9.17, 15) is 0 Å². The molecule has 0 bridgehead atoms. The minimum absolute atomic E-state index is 0.901. The summed E-state index contributed by atoms with van der Waals surface area (Å²) in [6, 6.07) is 0. The molecule has 1 aromatic rings. The van der Waals surface area contributed by atoms with Crippen molar-refractivity contribution in [3.8, 4) is 0 Å². The first kappa shape index (κ1) is 7.26. The molecule has 4 heteroatoms. The van der Waals surface area contributed by atoms with E-state index >= 15 is 0 Å². The fourth-order valence-electron chi connectivity index (χ4n) is 1.72. The van der Waals surface area contributed by atoms with Gasteiger partial charge in [0.2, 0.25) is 5.95 Å². The van der Waals surface area contributed by atoms with Gasteiger partial charge >= 0.3 is 0 Å². The van der Waals surface area contributed by atoms with Gasteiger partial charge in [-0.15, -0.1) is 0 Å². The second kappa shape index (κ2) is 2.67. The van der Waals surface area contributed by atoms with Gasteiger partial charge in [0.05, 0.1) is 5.69 Å². The minimum atomic E-state index is 0.901. The van der Waals surface area contributed by atoms with Gasteiger partial charge in [0.1, 0.15) is 0 Å². The average Bonchev–Trinajstić information content (AvgIpc) is 2.47. The average molecular weight is 176 g/mol. The molecule has 0 radical (unpaired) electrons. The quantitative estimate of drug-likeness (QED) is 0.667. The topological polar surface area (TPSA) is 41.1 Å². The van der Waals surface area contributed by atoms with Crippen molar-refractivity contribution in [2.45, 2.75) is 19.5 Å². The predicted octanol–water partition coefficient (Wildman–Crippen LogP) is 0.290. The molecule has 2 aliphatic heterocycles. The Kier molecular flexibility index (Phi) is 1.49. The number of hydrogen-bond acceptors (Lipinski definition) is 4. The van der Waals surface area contributed by atoms with Gasteiger partial charge in [-0.25, -0.2) is 9.97 Å². The first-order valence-electron chi connectivity index (χ1n) is 4.74. The van der Waals surface area contributed by atoms with E-state index in [1.807, 2.05) is 6.20 Å². The largest absolute Gasteiger partial charge is 0.341 e. The Labute approximate surface area is 77.0 Å². The van der Waals surface area contributed by atoms with Crippen molar-refractivity contribution in [1.82, 2.24) is 15.3 Å². The Bertz CT molecular complexity index is 332. The van der Waals surface area contributed by atoms with Crippen LogP contribution in [0, 0.1) is 0 Å². The van der Waals surface area contributed by atoms with E-state index in [-0.39, 0.29) is 0 Å². The molecule has 2 aliphatic rings. The lowest BCUT2D eigenvalue weighted by Crippen LogP contribution is -2.38. The van der Waals surface area contributed by atoms with E-state index in [0.29, 0.717) is 0 Å². The summed E-state index contributed by atoms with van der Waals surface area (Å²) >= 11 is 0. The highest BCUT2D eigenvalue weighted by Gasteiger charge is 2.19. The molecule has 0 unspecified atom stereocenters. The van der Waals surface area contributed by atoms with Crippen LogP contribution in [0.2, 0.25) is 0 Å². The molecule has 0 aliphatic carbocycles. The molecule has 0 spiro atoms. The van der Waals surface area contributed by atoms with Crippen LogP contribution in [-0.4, -0.2) is 23.1 Å². The van der Waals surface area contributed by atoms with E-state index in [1.165, 1.54) is 17.7 Å². The van der Waals surface area contributed by atoms with Crippen molar-refractivity contribution >= 4 is 5.95 Å². The first-order chi connectivity index (χ1) is 6.43. The Morgan fingerprint density at radius 1 is 1.31 bits per heavy atom. The van der Waals surface area contributed by atoms with Crippen LogP contribution in [0.3, 0.4) is 0 Å². The summed E-state index contributed by atoms with van der Waals surface area (Å²) in [7, 11) is 0. The molecule has 0 amide bonds. The number of nitrogens with zero attached hydrogens (tertiary/aromatic N) is 3. The number of anilines is 1. The molecule has 68 valence electrons. The van der Waals surface area contributed by atoms with Crippen molar-refractivity contribution in [3.63, 3.8) is 0 Å². The van der Waals surface area contributed by atoms with E-state index in [1.54, 1.807) is 0 Å². The molecule has 1 N–H and O–H groups in total. The Morgan fingerprint density at radius 2 is 2.23 bits per heavy atom. The van der Waals surface area contributed by atoms with Crippen LogP contribution in [-0.2, 0) is 13.1 Å². The summed E-state index contributed by atoms with van der Waals surface area (Å²) in [5.41, 5.74) is 2.43. The molecule has 1 aromatic heterocycles. The Hall–Kier alpha value is -1.16. The number of rotatable bonds is 1. The van der Waals surface area contributed by atoms with Crippen LogP contribution >= 0.6 is 0 Å². The highest BCUT2D eigenvalue weighted by atomic mass is 15.3. The molecule has 0 saturated carbocycles. The summed E-state index contributed by atoms with van der Waals surface area (Å²) in [6.07, 6.45) is 3.23. The van der Waals surface area contributed by atoms with Gasteiger partial charge in [-0.3, -0.25) is 0 Å². The summed E-state index contributed by atoms with van der Waals surface area (Å²) in [4.78, 5) is 11.1. The van der Waals surface area contributed by atoms with Crippen LogP contribution in [0.4, 0.5) is 5.95 Å². The summed E-state index contributed by atoms with van der Waals surface area (Å²) < 4.78 is 0. The Balaban J connectivity index is 1.95. The van der Waals surface area contributed by atoms with Crippen molar-refractivity contribution in [1.29, 1.82) is 0 Å². The number of hydrogen-bond donors (Lipinski definition) is 1. The number of fused-ring (bicyclic) bond motifs is 1. The van der Waals surface area contributed by atoms with Crippen LogP contribution in [0.25, 0.3) is 0 Å². The lowest BCUT2D eigenvalue weighted by molar-refractivity contribution is 0.598.